The van der Waals surface area contributed by atoms with Gasteiger partial charge in [-0.25, -0.2) is 15.0 Å². The van der Waals surface area contributed by atoms with E-state index in [9.17, 15) is 20.4 Å². The number of likely N-dealkylation sites (tertiary alicyclic amines) is 2. The van der Waals surface area contributed by atoms with Gasteiger partial charge in [0.1, 0.15) is 40.4 Å². The molecule has 0 aliphatic carbocycles. The number of anilines is 9. The maximum absolute atomic E-state index is 12.5. The predicted molar refractivity (Wildman–Crippen MR) is 451 cm³/mol. The maximum Gasteiger partial charge on any atom is 0.169 e. The molecule has 8 unspecified atom stereocenters. The number of fused-ring (bicyclic) bond motifs is 6. The van der Waals surface area contributed by atoms with Crippen LogP contribution in [0.2, 0.25) is 0 Å². The number of aromatic hydroxyl groups is 2. The zero-order valence-electron chi connectivity index (χ0n) is 65.6. The van der Waals surface area contributed by atoms with Crippen molar-refractivity contribution in [3.63, 3.8) is 0 Å². The first kappa shape index (κ1) is 75.7. The van der Waals surface area contributed by atoms with Gasteiger partial charge in [-0.2, -0.15) is 0 Å². The lowest BCUT2D eigenvalue weighted by molar-refractivity contribution is 0.140. The molecule has 9 atom stereocenters. The number of piperazine rings is 3. The Morgan fingerprint density at radius 3 is 1.40 bits per heavy atom. The van der Waals surface area contributed by atoms with Crippen molar-refractivity contribution in [2.45, 2.75) is 119 Å². The second kappa shape index (κ2) is 33.3. The number of ether oxygens (including phenoxy) is 1. The highest BCUT2D eigenvalue weighted by molar-refractivity contribution is 5.78. The molecule has 27 heteroatoms. The van der Waals surface area contributed by atoms with Crippen LogP contribution >= 0.6 is 0 Å². The van der Waals surface area contributed by atoms with Gasteiger partial charge in [0.15, 0.2) is 17.5 Å². The summed E-state index contributed by atoms with van der Waals surface area (Å²) < 4.78 is 6.85. The molecule has 0 spiro atoms. The summed E-state index contributed by atoms with van der Waals surface area (Å²) in [5, 5.41) is 70.4. The standard InChI is InChI=1S/C89H100N22O5/c1-102-37-30-80(104(41-40-102)35-8-11-60-43-63(26-32-94-60)110-65-19-20-66(110)50-106(49-65)81-46-77(96-99-87(81)90)73-13-2-4-17-84(73)114)76-16-6-15-75(86(76)115)79-48-83(89(92)101-98-79)108-53-69-23-24-70(54-108)111(69)64-27-33-95-61(44-64)12-9-36-105-55-72(45-71(105)57-113)116-85-18-5-3-14-74(85)78-47-82(88(91)100-97-78)107-51-67-21-22-68(52-107)109(67)62-25-31-93-59(42-62)10-7-34-103-38-28-58(56-112)29-39-103/h2-6,13-18,25-27,31-33,42-44,46-48,58,65-72,80,112-115H,19-24,28-30,34-41,45,49-57H2,1H3,(H2,90,99)(H2,91,100)(H2,92,101)/t65?,66?,67?,68?,69?,70?,71-,72?,80?/m0/s1. The van der Waals surface area contributed by atoms with Crippen LogP contribution in [0, 0.1) is 41.4 Å². The number of nitrogens with zero attached hydrogens (tertiary/aromatic N) is 19. The zero-order valence-corrected chi connectivity index (χ0v) is 65.6. The minimum Gasteiger partial charge on any atom is -0.507 e. The molecular weight excluding hydrogens is 1460 g/mol. The molecule has 9 aliphatic rings. The fourth-order valence-corrected chi connectivity index (χ4v) is 19.6. The van der Waals surface area contributed by atoms with Crippen molar-refractivity contribution in [2.75, 3.05) is 165 Å². The Bertz CT molecular complexity index is 5240. The number of phenolic OH excluding ortho intramolecular Hbond substituents is 2. The molecule has 116 heavy (non-hydrogen) atoms. The van der Waals surface area contributed by atoms with E-state index in [0.29, 0.717) is 101 Å². The predicted octanol–water partition coefficient (Wildman–Crippen LogP) is 7.63. The van der Waals surface area contributed by atoms with Gasteiger partial charge in [0.2, 0.25) is 0 Å². The zero-order chi connectivity index (χ0) is 78.9. The van der Waals surface area contributed by atoms with Crippen LogP contribution in [-0.4, -0.2) is 252 Å². The summed E-state index contributed by atoms with van der Waals surface area (Å²) >= 11 is 0. The Kier molecular flexibility index (Phi) is 21.7. The molecule has 6 aromatic heterocycles. The number of rotatable bonds is 17. The third-order valence-electron chi connectivity index (χ3n) is 25.5. The highest BCUT2D eigenvalue weighted by Crippen LogP contribution is 2.46. The number of benzene rings is 3. The smallest absolute Gasteiger partial charge is 0.169 e. The number of hydrogen-bond donors (Lipinski definition) is 7. The highest BCUT2D eigenvalue weighted by Gasteiger charge is 2.45. The first-order valence-corrected chi connectivity index (χ1v) is 41.1. The molecule has 18 rings (SSSR count). The molecule has 596 valence electrons. The van der Waals surface area contributed by atoms with Crippen molar-refractivity contribution < 1.29 is 25.2 Å². The minimum atomic E-state index is -0.210. The van der Waals surface area contributed by atoms with E-state index in [2.05, 4.69) is 170 Å². The minimum absolute atomic E-state index is 0.0275. The Balaban J connectivity index is 0.492. The van der Waals surface area contributed by atoms with Crippen LogP contribution in [0.25, 0.3) is 33.8 Å². The Hall–Kier alpha value is -11.6. The van der Waals surface area contributed by atoms with Crippen LogP contribution in [0.15, 0.2) is 140 Å². The van der Waals surface area contributed by atoms with Gasteiger partial charge in [0.25, 0.3) is 0 Å². The summed E-state index contributed by atoms with van der Waals surface area (Å²) in [5.41, 5.74) is 32.6. The molecule has 9 aliphatic heterocycles. The number of phenols is 2. The van der Waals surface area contributed by atoms with Crippen LogP contribution in [0.4, 0.5) is 51.6 Å². The van der Waals surface area contributed by atoms with Gasteiger partial charge < -0.3 is 76.7 Å². The lowest BCUT2D eigenvalue weighted by Gasteiger charge is -2.43. The van der Waals surface area contributed by atoms with Crippen molar-refractivity contribution in [1.82, 2.24) is 65.1 Å². The number of hydrogen-bond acceptors (Lipinski definition) is 27. The monoisotopic (exact) mass is 1560 g/mol. The molecule has 0 amide bonds. The van der Waals surface area contributed by atoms with Crippen molar-refractivity contribution in [2.24, 2.45) is 5.92 Å². The van der Waals surface area contributed by atoms with E-state index in [4.69, 9.17) is 31.9 Å². The number of para-hydroxylation sites is 3. The molecule has 9 aromatic rings. The number of nitrogens with two attached hydrogens (primary N) is 3. The molecule has 0 saturated carbocycles. The SMILES string of the molecule is CN1CCC(c2cccc(-c3cc(N4CC5CCC(C4)N5c4ccnc(C#CCN5CC(Oc6ccccc6-c6cc(N7CC8CCC(C7)N8c7ccnc(C#CCN8CCC(CO)CC8)c7)c(N)nn6)C[C@H]5CO)c4)c(N)nn3)c2O)N(CC#Cc2cc(N3C4CCC3CN(c3cc(-c5ccccc5O)nnc3N)C4)ccn2)CC1. The normalized spacial score (nSPS) is 23.7. The third kappa shape index (κ3) is 15.8. The summed E-state index contributed by atoms with van der Waals surface area (Å²) in [5.74, 6) is 22.9. The summed E-state index contributed by atoms with van der Waals surface area (Å²) in [6.45, 7) is 11.4. The van der Waals surface area contributed by atoms with E-state index in [-0.39, 0.29) is 79.2 Å². The van der Waals surface area contributed by atoms with Crippen molar-refractivity contribution in [1.29, 1.82) is 0 Å². The molecule has 3 aromatic carbocycles. The number of likely N-dealkylation sites (N-methyl/N-ethyl adjacent to an activating group) is 1. The molecule has 15 heterocycles. The number of aliphatic hydroxyl groups excluding tert-OH is 2. The van der Waals surface area contributed by atoms with Gasteiger partial charge in [-0.05, 0) is 193 Å². The van der Waals surface area contributed by atoms with Crippen molar-refractivity contribution >= 4 is 51.6 Å². The maximum atomic E-state index is 12.5. The molecule has 10 N–H and O–H groups in total. The second-order valence-corrected chi connectivity index (χ2v) is 32.7. The van der Waals surface area contributed by atoms with Crippen molar-refractivity contribution in [3.8, 4) is 86.5 Å². The van der Waals surface area contributed by atoms with E-state index in [0.717, 1.165) is 181 Å². The van der Waals surface area contributed by atoms with Gasteiger partial charge in [0, 0.05) is 178 Å². The van der Waals surface area contributed by atoms with Crippen LogP contribution in [0.3, 0.4) is 0 Å². The number of pyridine rings is 3. The van der Waals surface area contributed by atoms with E-state index in [1.807, 2.05) is 85.3 Å². The lowest BCUT2D eigenvalue weighted by atomic mass is 9.96. The number of piperidine rings is 1. The summed E-state index contributed by atoms with van der Waals surface area (Å²) in [6.07, 6.45) is 15.0. The molecule has 9 saturated heterocycles. The first-order chi connectivity index (χ1) is 56.8. The van der Waals surface area contributed by atoms with Crippen molar-refractivity contribution in [3.05, 3.63) is 163 Å². The average molecular weight is 1560 g/mol. The van der Waals surface area contributed by atoms with Gasteiger partial charge in [-0.15, -0.1) is 30.6 Å². The van der Waals surface area contributed by atoms with E-state index < -0.39 is 0 Å². The largest absolute Gasteiger partial charge is 0.507 e. The topological polar surface area (TPSA) is 317 Å². The molecular formula is C89H100N22O5. The summed E-state index contributed by atoms with van der Waals surface area (Å²) in [6, 6.07) is 40.8. The fourth-order valence-electron chi connectivity index (χ4n) is 19.6. The lowest BCUT2D eigenvalue weighted by Crippen LogP contribution is -2.54. The highest BCUT2D eigenvalue weighted by atomic mass is 16.5. The van der Waals surface area contributed by atoms with E-state index >= 15 is 0 Å². The van der Waals surface area contributed by atoms with Crippen LogP contribution < -0.4 is 51.3 Å². The van der Waals surface area contributed by atoms with Gasteiger partial charge >= 0.3 is 0 Å². The van der Waals surface area contributed by atoms with Crippen LogP contribution in [0.1, 0.15) is 92.9 Å². The van der Waals surface area contributed by atoms with Gasteiger partial charge in [-0.3, -0.25) is 14.7 Å². The third-order valence-corrected chi connectivity index (χ3v) is 25.5. The molecule has 27 nitrogen and oxygen atoms in total. The first-order valence-electron chi connectivity index (χ1n) is 41.1. The fraction of sp³-hybridized carbons (Fsp3) is 0.427. The van der Waals surface area contributed by atoms with E-state index in [1.165, 1.54) is 0 Å². The molecule has 6 bridgehead atoms. The van der Waals surface area contributed by atoms with Crippen LogP contribution in [-0.2, 0) is 0 Å². The quantitative estimate of drug-likeness (QED) is 0.0431. The molecule has 9 fully saturated rings. The Morgan fingerprint density at radius 2 is 0.897 bits per heavy atom. The Morgan fingerprint density at radius 1 is 0.440 bits per heavy atom. The Labute approximate surface area is 677 Å². The summed E-state index contributed by atoms with van der Waals surface area (Å²) in [7, 11) is 2.14. The molecule has 0 radical (unpaired) electrons. The van der Waals surface area contributed by atoms with Crippen LogP contribution in [0.5, 0.6) is 17.2 Å². The number of aliphatic hydroxyl groups is 2. The second-order valence-electron chi connectivity index (χ2n) is 32.7. The van der Waals surface area contributed by atoms with Gasteiger partial charge in [0.05, 0.1) is 60.4 Å². The van der Waals surface area contributed by atoms with Gasteiger partial charge in [-0.1, -0.05) is 54.2 Å². The average Bonchev–Trinajstić information content (AvgIpc) is 1.57. The number of nitrogen functional groups attached to an aromatic ring is 3. The summed E-state index contributed by atoms with van der Waals surface area (Å²) in [4.78, 5) is 38.0. The number of aromatic nitrogens is 9. The van der Waals surface area contributed by atoms with E-state index in [1.54, 1.807) is 12.1 Å².